The van der Waals surface area contributed by atoms with Gasteiger partial charge in [-0.15, -0.1) is 0 Å². The SMILES string of the molecule is CN1CCOCC12CC2. The molecule has 0 aromatic rings. The number of hydrogen-bond donors (Lipinski definition) is 0. The van der Waals surface area contributed by atoms with Crippen LogP contribution >= 0.6 is 0 Å². The Morgan fingerprint density at radius 3 is 2.67 bits per heavy atom. The van der Waals surface area contributed by atoms with Gasteiger partial charge in [0.2, 0.25) is 0 Å². The lowest BCUT2D eigenvalue weighted by Gasteiger charge is -2.32. The van der Waals surface area contributed by atoms with E-state index in [2.05, 4.69) is 11.9 Å². The number of rotatable bonds is 0. The molecule has 2 rings (SSSR count). The molecular weight excluding hydrogens is 114 g/mol. The van der Waals surface area contributed by atoms with E-state index in [1.54, 1.807) is 0 Å². The lowest BCUT2D eigenvalue weighted by atomic mass is 10.2. The fourth-order valence-corrected chi connectivity index (χ4v) is 1.48. The number of nitrogens with zero attached hydrogens (tertiary/aromatic N) is 1. The third-order valence-electron chi connectivity index (χ3n) is 2.58. The molecule has 9 heavy (non-hydrogen) atoms. The van der Waals surface area contributed by atoms with Crippen LogP contribution in [0.25, 0.3) is 0 Å². The third-order valence-corrected chi connectivity index (χ3v) is 2.58. The lowest BCUT2D eigenvalue weighted by Crippen LogP contribution is -2.44. The van der Waals surface area contributed by atoms with Gasteiger partial charge in [-0.3, -0.25) is 4.90 Å². The summed E-state index contributed by atoms with van der Waals surface area (Å²) in [6.07, 6.45) is 2.70. The van der Waals surface area contributed by atoms with Crippen molar-refractivity contribution in [3.8, 4) is 0 Å². The highest BCUT2D eigenvalue weighted by atomic mass is 16.5. The predicted octanol–water partition coefficient (Wildman–Crippen LogP) is 0.481. The molecule has 0 aromatic heterocycles. The smallest absolute Gasteiger partial charge is 0.0650 e. The number of ether oxygens (including phenoxy) is 1. The van der Waals surface area contributed by atoms with Crippen LogP contribution < -0.4 is 0 Å². The van der Waals surface area contributed by atoms with Crippen molar-refractivity contribution < 1.29 is 4.74 Å². The molecule has 2 fully saturated rings. The van der Waals surface area contributed by atoms with Crippen LogP contribution in [0, 0.1) is 0 Å². The average molecular weight is 127 g/mol. The third kappa shape index (κ3) is 0.775. The van der Waals surface area contributed by atoms with Gasteiger partial charge in [-0.2, -0.15) is 0 Å². The Balaban J connectivity index is 2.03. The first-order valence-electron chi connectivity index (χ1n) is 3.63. The van der Waals surface area contributed by atoms with Crippen LogP contribution in [0.5, 0.6) is 0 Å². The molecule has 0 amide bonds. The topological polar surface area (TPSA) is 12.5 Å². The normalized spacial score (nSPS) is 33.0. The molecule has 1 aliphatic heterocycles. The van der Waals surface area contributed by atoms with E-state index < -0.39 is 0 Å². The van der Waals surface area contributed by atoms with E-state index >= 15 is 0 Å². The summed E-state index contributed by atoms with van der Waals surface area (Å²) in [5.41, 5.74) is 0.498. The molecule has 1 heterocycles. The van der Waals surface area contributed by atoms with Crippen molar-refractivity contribution in [3.05, 3.63) is 0 Å². The van der Waals surface area contributed by atoms with Crippen molar-refractivity contribution in [1.82, 2.24) is 4.90 Å². The molecule has 2 aliphatic rings. The standard InChI is InChI=1S/C7H13NO/c1-8-4-5-9-6-7(8)2-3-7/h2-6H2,1H3. The summed E-state index contributed by atoms with van der Waals surface area (Å²) in [7, 11) is 2.20. The summed E-state index contributed by atoms with van der Waals surface area (Å²) in [6.45, 7) is 3.03. The van der Waals surface area contributed by atoms with Crippen LogP contribution in [-0.4, -0.2) is 37.2 Å². The second kappa shape index (κ2) is 1.70. The first kappa shape index (κ1) is 5.69. The van der Waals surface area contributed by atoms with E-state index in [4.69, 9.17) is 4.74 Å². The molecule has 0 bridgehead atoms. The second-order valence-corrected chi connectivity index (χ2v) is 3.20. The quantitative estimate of drug-likeness (QED) is 0.469. The van der Waals surface area contributed by atoms with Gasteiger partial charge < -0.3 is 4.74 Å². The Morgan fingerprint density at radius 2 is 2.22 bits per heavy atom. The van der Waals surface area contributed by atoms with Gasteiger partial charge in [0.05, 0.1) is 13.2 Å². The van der Waals surface area contributed by atoms with Gasteiger partial charge in [0.15, 0.2) is 0 Å². The van der Waals surface area contributed by atoms with Gasteiger partial charge >= 0.3 is 0 Å². The van der Waals surface area contributed by atoms with Gasteiger partial charge in [-0.1, -0.05) is 0 Å². The average Bonchev–Trinajstić information content (AvgIpc) is 2.60. The highest BCUT2D eigenvalue weighted by molar-refractivity contribution is 5.04. The van der Waals surface area contributed by atoms with Crippen LogP contribution in [0.3, 0.4) is 0 Å². The summed E-state index contributed by atoms with van der Waals surface area (Å²) >= 11 is 0. The first-order valence-corrected chi connectivity index (χ1v) is 3.63. The fraction of sp³-hybridized carbons (Fsp3) is 1.00. The van der Waals surface area contributed by atoms with Crippen LogP contribution in [0.4, 0.5) is 0 Å². The fourth-order valence-electron chi connectivity index (χ4n) is 1.48. The molecule has 1 aliphatic carbocycles. The summed E-state index contributed by atoms with van der Waals surface area (Å²) < 4.78 is 5.38. The van der Waals surface area contributed by atoms with E-state index in [1.807, 2.05) is 0 Å². The van der Waals surface area contributed by atoms with Gasteiger partial charge in [0, 0.05) is 12.1 Å². The Labute approximate surface area is 55.8 Å². The number of likely N-dealkylation sites (N-methyl/N-ethyl adjacent to an activating group) is 1. The molecule has 0 unspecified atom stereocenters. The highest BCUT2D eigenvalue weighted by Gasteiger charge is 2.47. The first-order chi connectivity index (χ1) is 4.33. The monoisotopic (exact) mass is 127 g/mol. The molecule has 1 saturated heterocycles. The zero-order valence-corrected chi connectivity index (χ0v) is 5.89. The second-order valence-electron chi connectivity index (χ2n) is 3.20. The van der Waals surface area contributed by atoms with Crippen molar-refractivity contribution in [3.63, 3.8) is 0 Å². The molecule has 0 aromatic carbocycles. The van der Waals surface area contributed by atoms with E-state index in [1.165, 1.54) is 12.8 Å². The van der Waals surface area contributed by atoms with Gasteiger partial charge in [-0.05, 0) is 19.9 Å². The van der Waals surface area contributed by atoms with E-state index in [0.29, 0.717) is 5.54 Å². The van der Waals surface area contributed by atoms with Crippen LogP contribution in [0.15, 0.2) is 0 Å². The van der Waals surface area contributed by atoms with Gasteiger partial charge in [0.25, 0.3) is 0 Å². The van der Waals surface area contributed by atoms with Crippen molar-refractivity contribution in [2.45, 2.75) is 18.4 Å². The van der Waals surface area contributed by atoms with E-state index in [0.717, 1.165) is 19.8 Å². The van der Waals surface area contributed by atoms with Crippen molar-refractivity contribution in [2.75, 3.05) is 26.8 Å². The zero-order chi connectivity index (χ0) is 6.32. The molecule has 1 saturated carbocycles. The van der Waals surface area contributed by atoms with Gasteiger partial charge in [-0.25, -0.2) is 0 Å². The van der Waals surface area contributed by atoms with Crippen molar-refractivity contribution in [2.24, 2.45) is 0 Å². The maximum Gasteiger partial charge on any atom is 0.0650 e. The Bertz CT molecular complexity index is 120. The lowest BCUT2D eigenvalue weighted by molar-refractivity contribution is -0.00650. The predicted molar refractivity (Wildman–Crippen MR) is 35.4 cm³/mol. The largest absolute Gasteiger partial charge is 0.378 e. The van der Waals surface area contributed by atoms with Crippen LogP contribution in [0.1, 0.15) is 12.8 Å². The minimum atomic E-state index is 0.498. The molecule has 2 nitrogen and oxygen atoms in total. The number of morpholine rings is 1. The van der Waals surface area contributed by atoms with Gasteiger partial charge in [0.1, 0.15) is 0 Å². The zero-order valence-electron chi connectivity index (χ0n) is 5.89. The molecular formula is C7H13NO. The molecule has 2 heteroatoms. The highest BCUT2D eigenvalue weighted by Crippen LogP contribution is 2.42. The van der Waals surface area contributed by atoms with Crippen LogP contribution in [0.2, 0.25) is 0 Å². The minimum absolute atomic E-state index is 0.498. The maximum atomic E-state index is 5.38. The minimum Gasteiger partial charge on any atom is -0.378 e. The molecule has 1 spiro atoms. The Morgan fingerprint density at radius 1 is 1.44 bits per heavy atom. The molecule has 52 valence electrons. The molecule has 0 N–H and O–H groups in total. The molecule has 0 radical (unpaired) electrons. The maximum absolute atomic E-state index is 5.38. The van der Waals surface area contributed by atoms with Crippen molar-refractivity contribution >= 4 is 0 Å². The van der Waals surface area contributed by atoms with Crippen molar-refractivity contribution in [1.29, 1.82) is 0 Å². The number of hydrogen-bond acceptors (Lipinski definition) is 2. The summed E-state index contributed by atoms with van der Waals surface area (Å²) in [4.78, 5) is 2.44. The summed E-state index contributed by atoms with van der Waals surface area (Å²) in [5.74, 6) is 0. The Hall–Kier alpha value is -0.0800. The Kier molecular flexibility index (Phi) is 1.08. The summed E-state index contributed by atoms with van der Waals surface area (Å²) in [6, 6.07) is 0. The van der Waals surface area contributed by atoms with E-state index in [9.17, 15) is 0 Å². The van der Waals surface area contributed by atoms with Crippen LogP contribution in [-0.2, 0) is 4.74 Å². The molecule has 0 atom stereocenters. The summed E-state index contributed by atoms with van der Waals surface area (Å²) in [5, 5.41) is 0. The van der Waals surface area contributed by atoms with E-state index in [-0.39, 0.29) is 0 Å².